The van der Waals surface area contributed by atoms with Crippen molar-refractivity contribution in [3.8, 4) is 0 Å². The fourth-order valence-electron chi connectivity index (χ4n) is 2.31. The molecule has 1 aliphatic heterocycles. The molecule has 0 saturated carbocycles. The van der Waals surface area contributed by atoms with Gasteiger partial charge in [0.2, 0.25) is 10.0 Å². The van der Waals surface area contributed by atoms with Gasteiger partial charge in [0.15, 0.2) is 5.11 Å². The number of ether oxygens (including phenoxy) is 2. The summed E-state index contributed by atoms with van der Waals surface area (Å²) in [5.41, 5.74) is 4.24. The molecule has 1 heterocycles. The number of hydrazone groups is 1. The van der Waals surface area contributed by atoms with Gasteiger partial charge in [-0.1, -0.05) is 12.1 Å². The number of nitrogens with zero attached hydrogens (tertiary/aromatic N) is 2. The lowest BCUT2D eigenvalue weighted by Crippen LogP contribution is -2.40. The second-order valence-electron chi connectivity index (χ2n) is 5.60. The van der Waals surface area contributed by atoms with E-state index in [0.717, 1.165) is 5.56 Å². The summed E-state index contributed by atoms with van der Waals surface area (Å²) in [6.45, 7) is 4.55. The summed E-state index contributed by atoms with van der Waals surface area (Å²) >= 11 is 5.10. The van der Waals surface area contributed by atoms with Gasteiger partial charge in [-0.15, -0.1) is 0 Å². The maximum atomic E-state index is 12.6. The van der Waals surface area contributed by atoms with E-state index >= 15 is 0 Å². The Morgan fingerprint density at radius 2 is 1.96 bits per heavy atom. The van der Waals surface area contributed by atoms with E-state index in [-0.39, 0.29) is 4.90 Å². The van der Waals surface area contributed by atoms with E-state index < -0.39 is 10.0 Å². The number of rotatable bonds is 7. The molecule has 0 aliphatic carbocycles. The van der Waals surface area contributed by atoms with Crippen molar-refractivity contribution in [1.82, 2.24) is 15.0 Å². The molecule has 1 aromatic rings. The Bertz CT molecular complexity index is 729. The standard InChI is InChI=1S/C16H24N4O4S2/c1-13(18-19-16(25)17-7-10-23-2)14-3-5-15(6-4-14)26(21,22)20-8-11-24-12-9-20/h3-6H,7-12H2,1-2H3,(H2,17,19,25)/b18-13+. The van der Waals surface area contributed by atoms with Crippen LogP contribution in [0.25, 0.3) is 0 Å². The third-order valence-electron chi connectivity index (χ3n) is 3.80. The van der Waals surface area contributed by atoms with E-state index in [1.165, 1.54) is 4.31 Å². The lowest BCUT2D eigenvalue weighted by molar-refractivity contribution is 0.0730. The minimum atomic E-state index is -3.49. The van der Waals surface area contributed by atoms with Crippen LogP contribution in [0, 0.1) is 0 Å². The molecular weight excluding hydrogens is 376 g/mol. The largest absolute Gasteiger partial charge is 0.383 e. The highest BCUT2D eigenvalue weighted by molar-refractivity contribution is 7.89. The van der Waals surface area contributed by atoms with Crippen molar-refractivity contribution in [2.24, 2.45) is 5.10 Å². The average molecular weight is 401 g/mol. The third-order valence-corrected chi connectivity index (χ3v) is 5.95. The zero-order chi connectivity index (χ0) is 19.0. The van der Waals surface area contributed by atoms with Crippen LogP contribution in [0.3, 0.4) is 0 Å². The minimum absolute atomic E-state index is 0.265. The number of sulfonamides is 1. The number of benzene rings is 1. The summed E-state index contributed by atoms with van der Waals surface area (Å²) in [5, 5.41) is 7.55. The molecule has 1 fully saturated rings. The first-order valence-corrected chi connectivity index (χ1v) is 10.1. The summed E-state index contributed by atoms with van der Waals surface area (Å²) in [4.78, 5) is 0.265. The van der Waals surface area contributed by atoms with Crippen LogP contribution in [-0.4, -0.2) is 70.1 Å². The first kappa shape index (κ1) is 20.7. The molecule has 0 spiro atoms. The molecule has 26 heavy (non-hydrogen) atoms. The SMILES string of the molecule is COCCNC(=S)N/N=C(\C)c1ccc(S(=O)(=O)N2CCOCC2)cc1. The van der Waals surface area contributed by atoms with Crippen molar-refractivity contribution >= 4 is 33.1 Å². The Balaban J connectivity index is 1.99. The maximum Gasteiger partial charge on any atom is 0.243 e. The Hall–Kier alpha value is -1.59. The fourth-order valence-corrected chi connectivity index (χ4v) is 3.87. The quantitative estimate of drug-likeness (QED) is 0.299. The summed E-state index contributed by atoms with van der Waals surface area (Å²) < 4.78 is 36.8. The van der Waals surface area contributed by atoms with Crippen LogP contribution in [0.5, 0.6) is 0 Å². The van der Waals surface area contributed by atoms with Crippen molar-refractivity contribution in [3.05, 3.63) is 29.8 Å². The zero-order valence-corrected chi connectivity index (χ0v) is 16.5. The molecule has 1 aromatic carbocycles. The summed E-state index contributed by atoms with van der Waals surface area (Å²) in [6.07, 6.45) is 0. The Morgan fingerprint density at radius 3 is 2.58 bits per heavy atom. The lowest BCUT2D eigenvalue weighted by Gasteiger charge is -2.26. The zero-order valence-electron chi connectivity index (χ0n) is 14.9. The Kier molecular flexibility index (Phi) is 7.91. The van der Waals surface area contributed by atoms with E-state index in [0.29, 0.717) is 50.3 Å². The molecule has 0 radical (unpaired) electrons. The first-order valence-electron chi connectivity index (χ1n) is 8.20. The van der Waals surface area contributed by atoms with Crippen LogP contribution in [0.4, 0.5) is 0 Å². The lowest BCUT2D eigenvalue weighted by atomic mass is 10.1. The van der Waals surface area contributed by atoms with E-state index in [4.69, 9.17) is 21.7 Å². The van der Waals surface area contributed by atoms with Gasteiger partial charge in [0.05, 0.1) is 30.4 Å². The molecule has 1 saturated heterocycles. The number of thiocarbonyl (C=S) groups is 1. The Labute approximate surface area is 159 Å². The molecule has 0 amide bonds. The highest BCUT2D eigenvalue weighted by Gasteiger charge is 2.26. The predicted molar refractivity (Wildman–Crippen MR) is 104 cm³/mol. The van der Waals surface area contributed by atoms with Crippen molar-refractivity contribution in [2.75, 3.05) is 46.6 Å². The number of hydrogen-bond acceptors (Lipinski definition) is 6. The molecule has 0 bridgehead atoms. The van der Waals surface area contributed by atoms with Gasteiger partial charge >= 0.3 is 0 Å². The predicted octanol–water partition coefficient (Wildman–Crippen LogP) is 0.542. The molecular formula is C16H24N4O4S2. The van der Waals surface area contributed by atoms with Gasteiger partial charge in [-0.3, -0.25) is 5.43 Å². The van der Waals surface area contributed by atoms with Crippen molar-refractivity contribution in [1.29, 1.82) is 0 Å². The summed E-state index contributed by atoms with van der Waals surface area (Å²) in [6, 6.07) is 6.65. The molecule has 2 rings (SSSR count). The van der Waals surface area contributed by atoms with Gasteiger partial charge in [-0.05, 0) is 36.8 Å². The topological polar surface area (TPSA) is 92.3 Å². The van der Waals surface area contributed by atoms with E-state index in [9.17, 15) is 8.42 Å². The molecule has 0 aromatic heterocycles. The van der Waals surface area contributed by atoms with Gasteiger partial charge in [0.25, 0.3) is 0 Å². The number of nitrogens with one attached hydrogen (secondary N) is 2. The van der Waals surface area contributed by atoms with Crippen LogP contribution in [0.15, 0.2) is 34.3 Å². The van der Waals surface area contributed by atoms with Crippen LogP contribution >= 0.6 is 12.2 Å². The molecule has 2 N–H and O–H groups in total. The van der Waals surface area contributed by atoms with E-state index in [1.807, 2.05) is 6.92 Å². The number of methoxy groups -OCH3 is 1. The second-order valence-corrected chi connectivity index (χ2v) is 7.94. The monoisotopic (exact) mass is 400 g/mol. The second kappa shape index (κ2) is 9.93. The van der Waals surface area contributed by atoms with Gasteiger partial charge < -0.3 is 14.8 Å². The van der Waals surface area contributed by atoms with Gasteiger partial charge in [0, 0.05) is 26.7 Å². The smallest absolute Gasteiger partial charge is 0.243 e. The van der Waals surface area contributed by atoms with Crippen LogP contribution < -0.4 is 10.7 Å². The van der Waals surface area contributed by atoms with Gasteiger partial charge in [-0.25, -0.2) is 8.42 Å². The molecule has 144 valence electrons. The van der Waals surface area contributed by atoms with Crippen LogP contribution in [-0.2, 0) is 19.5 Å². The van der Waals surface area contributed by atoms with Gasteiger partial charge in [0.1, 0.15) is 0 Å². The highest BCUT2D eigenvalue weighted by atomic mass is 32.2. The summed E-state index contributed by atoms with van der Waals surface area (Å²) in [7, 11) is -1.87. The molecule has 0 atom stereocenters. The van der Waals surface area contributed by atoms with Crippen molar-refractivity contribution < 1.29 is 17.9 Å². The first-order chi connectivity index (χ1) is 12.4. The van der Waals surface area contributed by atoms with Crippen molar-refractivity contribution in [3.63, 3.8) is 0 Å². The molecule has 10 heteroatoms. The normalized spacial score (nSPS) is 16.3. The molecule has 8 nitrogen and oxygen atoms in total. The number of hydrogen-bond donors (Lipinski definition) is 2. The van der Waals surface area contributed by atoms with Crippen molar-refractivity contribution in [2.45, 2.75) is 11.8 Å². The summed E-state index contributed by atoms with van der Waals surface area (Å²) in [5.74, 6) is 0. The highest BCUT2D eigenvalue weighted by Crippen LogP contribution is 2.18. The van der Waals surface area contributed by atoms with E-state index in [1.54, 1.807) is 31.4 Å². The van der Waals surface area contributed by atoms with Crippen LogP contribution in [0.1, 0.15) is 12.5 Å². The molecule has 1 aliphatic rings. The Morgan fingerprint density at radius 1 is 1.31 bits per heavy atom. The van der Waals surface area contributed by atoms with Gasteiger partial charge in [-0.2, -0.15) is 9.41 Å². The number of morpholine rings is 1. The fraction of sp³-hybridized carbons (Fsp3) is 0.500. The third kappa shape index (κ3) is 5.71. The van der Waals surface area contributed by atoms with E-state index in [2.05, 4.69) is 15.8 Å². The maximum absolute atomic E-state index is 12.6. The average Bonchev–Trinajstić information content (AvgIpc) is 2.67. The minimum Gasteiger partial charge on any atom is -0.383 e. The molecule has 0 unspecified atom stereocenters. The van der Waals surface area contributed by atoms with Crippen LogP contribution in [0.2, 0.25) is 0 Å².